The molecule has 0 heterocycles. The second-order valence-corrected chi connectivity index (χ2v) is 8.18. The van der Waals surface area contributed by atoms with Crippen LogP contribution in [0.1, 0.15) is 116 Å². The van der Waals surface area contributed by atoms with E-state index < -0.39 is 6.10 Å². The molecule has 0 aliphatic carbocycles. The maximum absolute atomic E-state index is 9.45. The Morgan fingerprint density at radius 3 is 1.61 bits per heavy atom. The normalized spacial score (nSPS) is 12.8. The molecule has 3 nitrogen and oxygen atoms in total. The van der Waals surface area contributed by atoms with Crippen LogP contribution in [0, 0.1) is 0 Å². The average Bonchev–Trinajstić information content (AvgIpc) is 2.69. The Bertz CT molecular complexity index is 304. The van der Waals surface area contributed by atoms with Crippen LogP contribution < -0.4 is 0 Å². The first-order valence-corrected chi connectivity index (χ1v) is 12.2. The van der Waals surface area contributed by atoms with Gasteiger partial charge in [-0.2, -0.15) is 0 Å². The van der Waals surface area contributed by atoms with Gasteiger partial charge in [-0.1, -0.05) is 96.1 Å². The predicted molar refractivity (Wildman–Crippen MR) is 122 cm³/mol. The van der Waals surface area contributed by atoms with Gasteiger partial charge in [-0.25, -0.2) is 0 Å². The van der Waals surface area contributed by atoms with Crippen LogP contribution >= 0.6 is 0 Å². The lowest BCUT2D eigenvalue weighted by atomic mass is 10.1. The fraction of sp³-hybridized carbons (Fsp3) is 0.920. The van der Waals surface area contributed by atoms with Gasteiger partial charge in [0.25, 0.3) is 0 Å². The Morgan fingerprint density at radius 2 is 1.11 bits per heavy atom. The van der Waals surface area contributed by atoms with E-state index in [9.17, 15) is 5.11 Å². The van der Waals surface area contributed by atoms with E-state index in [1.165, 1.54) is 103 Å². The highest BCUT2D eigenvalue weighted by Gasteiger charge is 2.02. The van der Waals surface area contributed by atoms with Gasteiger partial charge in [0.2, 0.25) is 0 Å². The molecule has 28 heavy (non-hydrogen) atoms. The molecule has 0 amide bonds. The Morgan fingerprint density at radius 1 is 0.643 bits per heavy atom. The number of hydrogen-bond acceptors (Lipinski definition) is 3. The summed E-state index contributed by atoms with van der Waals surface area (Å²) in [4.78, 5) is 0. The van der Waals surface area contributed by atoms with E-state index in [4.69, 9.17) is 9.47 Å². The van der Waals surface area contributed by atoms with E-state index in [1.54, 1.807) is 7.11 Å². The number of aliphatic hydroxyl groups excluding tert-OH is 1. The molecule has 0 aliphatic heterocycles. The van der Waals surface area contributed by atoms with Gasteiger partial charge in [0, 0.05) is 13.7 Å². The van der Waals surface area contributed by atoms with Crippen LogP contribution in [0.5, 0.6) is 0 Å². The van der Waals surface area contributed by atoms with Crippen molar-refractivity contribution < 1.29 is 14.6 Å². The van der Waals surface area contributed by atoms with Crippen molar-refractivity contribution in [3.05, 3.63) is 12.2 Å². The van der Waals surface area contributed by atoms with E-state index in [-0.39, 0.29) is 0 Å². The molecular weight excluding hydrogens is 348 g/mol. The molecule has 0 saturated heterocycles. The molecule has 0 saturated carbocycles. The van der Waals surface area contributed by atoms with E-state index in [1.807, 2.05) is 0 Å². The molecule has 1 atom stereocenters. The fourth-order valence-electron chi connectivity index (χ4n) is 3.44. The number of rotatable bonds is 23. The van der Waals surface area contributed by atoms with Crippen molar-refractivity contribution >= 4 is 0 Å². The maximum atomic E-state index is 9.45. The van der Waals surface area contributed by atoms with E-state index >= 15 is 0 Å². The van der Waals surface area contributed by atoms with E-state index in [0.29, 0.717) is 13.2 Å². The summed E-state index contributed by atoms with van der Waals surface area (Å²) in [6, 6.07) is 0. The summed E-state index contributed by atoms with van der Waals surface area (Å²) in [6.07, 6.45) is 27.2. The molecule has 1 N–H and O–H groups in total. The summed E-state index contributed by atoms with van der Waals surface area (Å²) in [5.41, 5.74) is 0. The van der Waals surface area contributed by atoms with Crippen LogP contribution in [-0.4, -0.2) is 38.1 Å². The quantitative estimate of drug-likeness (QED) is 0.146. The molecule has 0 aliphatic rings. The lowest BCUT2D eigenvalue weighted by Crippen LogP contribution is -2.21. The maximum Gasteiger partial charge on any atom is 0.101 e. The smallest absolute Gasteiger partial charge is 0.101 e. The molecular formula is C25H50O3. The van der Waals surface area contributed by atoms with Gasteiger partial charge in [-0.15, -0.1) is 0 Å². The zero-order chi connectivity index (χ0) is 20.5. The molecule has 3 heteroatoms. The van der Waals surface area contributed by atoms with Crippen LogP contribution in [0.25, 0.3) is 0 Å². The summed E-state index contributed by atoms with van der Waals surface area (Å²) in [5, 5.41) is 9.45. The third kappa shape index (κ3) is 23.7. The van der Waals surface area contributed by atoms with E-state index in [2.05, 4.69) is 19.1 Å². The highest BCUT2D eigenvalue weighted by atomic mass is 16.5. The zero-order valence-corrected chi connectivity index (χ0v) is 19.1. The minimum atomic E-state index is -0.487. The summed E-state index contributed by atoms with van der Waals surface area (Å²) in [6.45, 7) is 3.78. The molecule has 0 aromatic carbocycles. The summed E-state index contributed by atoms with van der Waals surface area (Å²) >= 11 is 0. The van der Waals surface area contributed by atoms with Gasteiger partial charge in [0.05, 0.1) is 13.2 Å². The molecule has 0 aromatic heterocycles. The lowest BCUT2D eigenvalue weighted by Gasteiger charge is -2.09. The first-order chi connectivity index (χ1) is 13.8. The van der Waals surface area contributed by atoms with Crippen LogP contribution in [0.3, 0.4) is 0 Å². The molecule has 0 unspecified atom stereocenters. The standard InChI is InChI=1S/C25H50O3/c1-3-4-5-6-7-8-9-10-11-12-13-14-15-16-17-18-19-20-21-22-28-24-25(26)23-27-2/h12-13,25-26H,3-11,14-24H2,1-2H3/b13-12-/t25-/m0/s1. The van der Waals surface area contributed by atoms with Crippen molar-refractivity contribution in [2.45, 2.75) is 122 Å². The first kappa shape index (κ1) is 27.6. The Kier molecular flexibility index (Phi) is 24.3. The monoisotopic (exact) mass is 398 g/mol. The largest absolute Gasteiger partial charge is 0.388 e. The van der Waals surface area contributed by atoms with Crippen molar-refractivity contribution in [1.82, 2.24) is 0 Å². The summed E-state index contributed by atoms with van der Waals surface area (Å²) in [5.74, 6) is 0. The second-order valence-electron chi connectivity index (χ2n) is 8.18. The fourth-order valence-corrected chi connectivity index (χ4v) is 3.44. The molecule has 0 aromatic rings. The zero-order valence-electron chi connectivity index (χ0n) is 19.1. The van der Waals surface area contributed by atoms with Gasteiger partial charge in [0.15, 0.2) is 0 Å². The topological polar surface area (TPSA) is 38.7 Å². The van der Waals surface area contributed by atoms with Crippen molar-refractivity contribution in [2.24, 2.45) is 0 Å². The first-order valence-electron chi connectivity index (χ1n) is 12.2. The SMILES string of the molecule is CCCCCCCCCC/C=C\CCCCCCCCCOC[C@@H](O)COC. The Labute approximate surface area is 176 Å². The number of unbranched alkanes of at least 4 members (excludes halogenated alkanes) is 15. The van der Waals surface area contributed by atoms with Crippen LogP contribution in [0.2, 0.25) is 0 Å². The van der Waals surface area contributed by atoms with Gasteiger partial charge >= 0.3 is 0 Å². The van der Waals surface area contributed by atoms with Gasteiger partial charge < -0.3 is 14.6 Å². The summed E-state index contributed by atoms with van der Waals surface area (Å²) in [7, 11) is 1.59. The predicted octanol–water partition coefficient (Wildman–Crippen LogP) is 7.22. The molecule has 0 spiro atoms. The third-order valence-electron chi connectivity index (χ3n) is 5.22. The van der Waals surface area contributed by atoms with Crippen LogP contribution in [-0.2, 0) is 9.47 Å². The lowest BCUT2D eigenvalue weighted by molar-refractivity contribution is -0.00684. The third-order valence-corrected chi connectivity index (χ3v) is 5.22. The summed E-state index contributed by atoms with van der Waals surface area (Å²) < 4.78 is 10.3. The number of aliphatic hydroxyl groups is 1. The number of ether oxygens (including phenoxy) is 2. The highest BCUT2D eigenvalue weighted by Crippen LogP contribution is 2.11. The van der Waals surface area contributed by atoms with Crippen LogP contribution in [0.4, 0.5) is 0 Å². The number of allylic oxidation sites excluding steroid dienone is 2. The highest BCUT2D eigenvalue weighted by molar-refractivity contribution is 4.81. The van der Waals surface area contributed by atoms with Gasteiger partial charge in [-0.05, 0) is 32.1 Å². The number of hydrogen-bond donors (Lipinski definition) is 1. The van der Waals surface area contributed by atoms with Crippen molar-refractivity contribution in [2.75, 3.05) is 26.9 Å². The van der Waals surface area contributed by atoms with Gasteiger partial charge in [0.1, 0.15) is 6.10 Å². The average molecular weight is 399 g/mol. The molecule has 0 radical (unpaired) electrons. The Hall–Kier alpha value is -0.380. The molecule has 0 fully saturated rings. The minimum absolute atomic E-state index is 0.356. The van der Waals surface area contributed by atoms with Crippen molar-refractivity contribution in [1.29, 1.82) is 0 Å². The van der Waals surface area contributed by atoms with E-state index in [0.717, 1.165) is 13.0 Å². The Balaban J connectivity index is 3.10. The van der Waals surface area contributed by atoms with Crippen LogP contribution in [0.15, 0.2) is 12.2 Å². The second kappa shape index (κ2) is 24.7. The molecule has 0 bridgehead atoms. The minimum Gasteiger partial charge on any atom is -0.388 e. The number of methoxy groups -OCH3 is 1. The van der Waals surface area contributed by atoms with Gasteiger partial charge in [-0.3, -0.25) is 0 Å². The van der Waals surface area contributed by atoms with Crippen molar-refractivity contribution in [3.63, 3.8) is 0 Å². The molecule has 0 rings (SSSR count). The van der Waals surface area contributed by atoms with Crippen molar-refractivity contribution in [3.8, 4) is 0 Å². The molecule has 168 valence electrons.